The third-order valence-corrected chi connectivity index (χ3v) is 4.08. The number of fused-ring (bicyclic) bond motifs is 1. The van der Waals surface area contributed by atoms with Gasteiger partial charge >= 0.3 is 0 Å². The number of benzene rings is 2. The van der Waals surface area contributed by atoms with Crippen LogP contribution >= 0.6 is 0 Å². The van der Waals surface area contributed by atoms with Gasteiger partial charge in [0.05, 0.1) is 0 Å². The fourth-order valence-corrected chi connectivity index (χ4v) is 2.71. The third kappa shape index (κ3) is 3.80. The summed E-state index contributed by atoms with van der Waals surface area (Å²) in [6.07, 6.45) is 0. The van der Waals surface area contributed by atoms with Gasteiger partial charge in [-0.05, 0) is 43.3 Å². The molecule has 3 aromatic rings. The summed E-state index contributed by atoms with van der Waals surface area (Å²) in [5.74, 6) is 1.55. The lowest BCUT2D eigenvalue weighted by Gasteiger charge is -2.19. The molecule has 1 aliphatic heterocycles. The van der Waals surface area contributed by atoms with E-state index in [1.807, 2.05) is 0 Å². The van der Waals surface area contributed by atoms with E-state index in [-0.39, 0.29) is 11.8 Å². The molecule has 0 saturated carbocycles. The lowest BCUT2D eigenvalue weighted by atomic mass is 10.1. The molecule has 0 fully saturated rings. The van der Waals surface area contributed by atoms with Crippen LogP contribution in [0.3, 0.4) is 0 Å². The number of nitrogens with zero attached hydrogens (tertiary/aromatic N) is 1. The van der Waals surface area contributed by atoms with Crippen molar-refractivity contribution in [2.45, 2.75) is 6.92 Å². The number of anilines is 2. The summed E-state index contributed by atoms with van der Waals surface area (Å²) in [5, 5.41) is 9.14. The molecule has 1 aromatic heterocycles. The maximum atomic E-state index is 12.5. The van der Waals surface area contributed by atoms with Gasteiger partial charge in [0, 0.05) is 28.9 Å². The van der Waals surface area contributed by atoms with E-state index in [1.54, 1.807) is 55.5 Å². The van der Waals surface area contributed by atoms with Crippen molar-refractivity contribution in [1.29, 1.82) is 0 Å². The second-order valence-corrected chi connectivity index (χ2v) is 6.17. The molecule has 2 aromatic carbocycles. The van der Waals surface area contributed by atoms with E-state index >= 15 is 0 Å². The smallest absolute Gasteiger partial charge is 0.256 e. The number of aromatic nitrogens is 1. The molecule has 28 heavy (non-hydrogen) atoms. The summed E-state index contributed by atoms with van der Waals surface area (Å²) in [6.45, 7) is 2.72. The lowest BCUT2D eigenvalue weighted by molar-refractivity contribution is 0.101. The number of aryl methyl sites for hydroxylation is 1. The summed E-state index contributed by atoms with van der Waals surface area (Å²) in [7, 11) is 0. The van der Waals surface area contributed by atoms with Crippen LogP contribution in [0.4, 0.5) is 11.5 Å². The van der Waals surface area contributed by atoms with Gasteiger partial charge < -0.3 is 24.6 Å². The molecular formula is C20H17N3O5. The van der Waals surface area contributed by atoms with E-state index in [0.717, 1.165) is 0 Å². The standard InChI is InChI=1S/C20H17N3O5/c1-12-10-18(23-28-12)22-20(25)14-4-2-13(3-5-14)19(24)21-15-6-7-16-17(11-15)27-9-8-26-16/h2-7,10-11H,8-9H2,1H3,(H,21,24)(H,22,23,25). The molecule has 2 heterocycles. The highest BCUT2D eigenvalue weighted by Crippen LogP contribution is 2.32. The number of hydrogen-bond acceptors (Lipinski definition) is 6. The summed E-state index contributed by atoms with van der Waals surface area (Å²) in [4.78, 5) is 24.7. The topological polar surface area (TPSA) is 103 Å². The summed E-state index contributed by atoms with van der Waals surface area (Å²) in [5.41, 5.74) is 1.41. The van der Waals surface area contributed by atoms with Crippen LogP contribution in [0.1, 0.15) is 26.5 Å². The zero-order valence-corrected chi connectivity index (χ0v) is 15.0. The minimum absolute atomic E-state index is 0.296. The molecule has 4 rings (SSSR count). The minimum Gasteiger partial charge on any atom is -0.486 e. The molecule has 0 saturated heterocycles. The lowest BCUT2D eigenvalue weighted by Crippen LogP contribution is -2.16. The average molecular weight is 379 g/mol. The first kappa shape index (κ1) is 17.6. The highest BCUT2D eigenvalue weighted by atomic mass is 16.6. The Morgan fingerprint density at radius 2 is 1.50 bits per heavy atom. The zero-order chi connectivity index (χ0) is 19.5. The maximum absolute atomic E-state index is 12.5. The number of nitrogens with one attached hydrogen (secondary N) is 2. The van der Waals surface area contributed by atoms with Crippen LogP contribution in [-0.2, 0) is 0 Å². The number of carbonyl (C=O) groups is 2. The second-order valence-electron chi connectivity index (χ2n) is 6.17. The van der Waals surface area contributed by atoms with Gasteiger partial charge in [-0.15, -0.1) is 0 Å². The molecule has 8 nitrogen and oxygen atoms in total. The van der Waals surface area contributed by atoms with E-state index < -0.39 is 0 Å². The molecule has 8 heteroatoms. The van der Waals surface area contributed by atoms with Crippen molar-refractivity contribution in [3.63, 3.8) is 0 Å². The van der Waals surface area contributed by atoms with Crippen LogP contribution < -0.4 is 20.1 Å². The Morgan fingerprint density at radius 3 is 2.14 bits per heavy atom. The molecule has 0 radical (unpaired) electrons. The Hall–Kier alpha value is -3.81. The Bertz CT molecular complexity index is 1030. The second kappa shape index (κ2) is 7.43. The fourth-order valence-electron chi connectivity index (χ4n) is 2.71. The molecule has 0 bridgehead atoms. The van der Waals surface area contributed by atoms with E-state index in [0.29, 0.717) is 53.1 Å². The number of ether oxygens (including phenoxy) is 2. The van der Waals surface area contributed by atoms with Gasteiger partial charge in [-0.25, -0.2) is 0 Å². The average Bonchev–Trinajstić information content (AvgIpc) is 3.12. The normalized spacial score (nSPS) is 12.3. The van der Waals surface area contributed by atoms with Gasteiger partial charge in [-0.2, -0.15) is 0 Å². The minimum atomic E-state index is -0.341. The van der Waals surface area contributed by atoms with Crippen LogP contribution in [0.5, 0.6) is 11.5 Å². The first-order valence-electron chi connectivity index (χ1n) is 8.64. The molecule has 1 aliphatic rings. The number of carbonyl (C=O) groups excluding carboxylic acids is 2. The molecule has 2 amide bonds. The number of hydrogen-bond donors (Lipinski definition) is 2. The first-order valence-corrected chi connectivity index (χ1v) is 8.64. The Labute approximate surface area is 160 Å². The molecule has 0 atom stereocenters. The summed E-state index contributed by atoms with van der Waals surface area (Å²) < 4.78 is 15.9. The van der Waals surface area contributed by atoms with Gasteiger partial charge in [0.15, 0.2) is 17.3 Å². The van der Waals surface area contributed by atoms with Gasteiger partial charge in [-0.1, -0.05) is 5.16 Å². The van der Waals surface area contributed by atoms with E-state index in [4.69, 9.17) is 14.0 Å². The Balaban J connectivity index is 1.41. The van der Waals surface area contributed by atoms with Crippen LogP contribution in [0, 0.1) is 6.92 Å². The van der Waals surface area contributed by atoms with Crippen LogP contribution in [0.2, 0.25) is 0 Å². The van der Waals surface area contributed by atoms with Crippen LogP contribution in [0.25, 0.3) is 0 Å². The van der Waals surface area contributed by atoms with Gasteiger partial charge in [0.25, 0.3) is 11.8 Å². The molecule has 0 unspecified atom stereocenters. The van der Waals surface area contributed by atoms with Crippen molar-refractivity contribution >= 4 is 23.3 Å². The molecular weight excluding hydrogens is 362 g/mol. The Kier molecular flexibility index (Phi) is 4.67. The molecule has 142 valence electrons. The third-order valence-electron chi connectivity index (χ3n) is 4.08. The fraction of sp³-hybridized carbons (Fsp3) is 0.150. The summed E-state index contributed by atoms with van der Waals surface area (Å²) >= 11 is 0. The van der Waals surface area contributed by atoms with Crippen LogP contribution in [-0.4, -0.2) is 30.2 Å². The maximum Gasteiger partial charge on any atom is 0.256 e. The van der Waals surface area contributed by atoms with Crippen molar-refractivity contribution in [1.82, 2.24) is 5.16 Å². The van der Waals surface area contributed by atoms with Crippen molar-refractivity contribution in [3.8, 4) is 11.5 Å². The molecule has 0 aliphatic carbocycles. The van der Waals surface area contributed by atoms with E-state index in [1.165, 1.54) is 0 Å². The van der Waals surface area contributed by atoms with E-state index in [2.05, 4.69) is 15.8 Å². The largest absolute Gasteiger partial charge is 0.486 e. The van der Waals surface area contributed by atoms with Crippen LogP contribution in [0.15, 0.2) is 53.1 Å². The van der Waals surface area contributed by atoms with Gasteiger partial charge in [0.2, 0.25) is 0 Å². The predicted molar refractivity (Wildman–Crippen MR) is 101 cm³/mol. The molecule has 2 N–H and O–H groups in total. The predicted octanol–water partition coefficient (Wildman–Crippen LogP) is 3.26. The van der Waals surface area contributed by atoms with Crippen molar-refractivity contribution < 1.29 is 23.6 Å². The van der Waals surface area contributed by atoms with Gasteiger partial charge in [-0.3, -0.25) is 9.59 Å². The quantitative estimate of drug-likeness (QED) is 0.721. The first-order chi connectivity index (χ1) is 13.6. The molecule has 0 spiro atoms. The summed E-state index contributed by atoms with van der Waals surface area (Å²) in [6, 6.07) is 13.1. The zero-order valence-electron chi connectivity index (χ0n) is 15.0. The van der Waals surface area contributed by atoms with E-state index in [9.17, 15) is 9.59 Å². The van der Waals surface area contributed by atoms with Crippen molar-refractivity contribution in [3.05, 3.63) is 65.4 Å². The highest BCUT2D eigenvalue weighted by Gasteiger charge is 2.14. The number of rotatable bonds is 4. The van der Waals surface area contributed by atoms with Gasteiger partial charge in [0.1, 0.15) is 19.0 Å². The van der Waals surface area contributed by atoms with Crippen molar-refractivity contribution in [2.24, 2.45) is 0 Å². The number of amides is 2. The SMILES string of the molecule is Cc1cc(NC(=O)c2ccc(C(=O)Nc3ccc4c(c3)OCCO4)cc2)no1. The Morgan fingerprint density at radius 1 is 0.857 bits per heavy atom. The van der Waals surface area contributed by atoms with Crippen molar-refractivity contribution in [2.75, 3.05) is 23.8 Å². The highest BCUT2D eigenvalue weighted by molar-refractivity contribution is 6.07. The monoisotopic (exact) mass is 379 g/mol.